The van der Waals surface area contributed by atoms with Gasteiger partial charge in [0.25, 0.3) is 10.2 Å². The monoisotopic (exact) mass is 292 g/mol. The molecule has 0 aliphatic heterocycles. The molecule has 0 unspecified atom stereocenters. The zero-order valence-corrected chi connectivity index (χ0v) is 12.8. The van der Waals surface area contributed by atoms with Gasteiger partial charge in [0.05, 0.1) is 13.5 Å². The first-order chi connectivity index (χ1) is 8.93. The minimum absolute atomic E-state index is 0.0778. The highest BCUT2D eigenvalue weighted by Crippen LogP contribution is 2.26. The lowest BCUT2D eigenvalue weighted by Gasteiger charge is -2.30. The molecule has 0 spiro atoms. The van der Waals surface area contributed by atoms with Crippen LogP contribution < -0.4 is 0 Å². The molecule has 19 heavy (non-hydrogen) atoms. The van der Waals surface area contributed by atoms with Crippen molar-refractivity contribution in [3.05, 3.63) is 0 Å². The van der Waals surface area contributed by atoms with Crippen molar-refractivity contribution in [1.82, 2.24) is 8.61 Å². The van der Waals surface area contributed by atoms with Gasteiger partial charge in [-0.3, -0.25) is 4.79 Å². The van der Waals surface area contributed by atoms with Crippen LogP contribution in [0.2, 0.25) is 0 Å². The normalized spacial score (nSPS) is 17.3. The van der Waals surface area contributed by atoms with Gasteiger partial charge in [-0.1, -0.05) is 19.8 Å². The molecular formula is C12H24N2O4S. The molecular weight excluding hydrogens is 268 g/mol. The minimum atomic E-state index is -3.48. The molecule has 0 amide bonds. The van der Waals surface area contributed by atoms with E-state index < -0.39 is 16.2 Å². The molecule has 0 N–H and O–H groups in total. The summed E-state index contributed by atoms with van der Waals surface area (Å²) in [6, 6.07) is 0.107. The molecule has 0 aromatic carbocycles. The Bertz CT molecular complexity index is 391. The molecule has 0 radical (unpaired) electrons. The van der Waals surface area contributed by atoms with Crippen molar-refractivity contribution in [2.75, 3.05) is 27.2 Å². The van der Waals surface area contributed by atoms with Crippen LogP contribution >= 0.6 is 0 Å². The van der Waals surface area contributed by atoms with E-state index in [-0.39, 0.29) is 19.0 Å². The molecule has 1 rings (SSSR count). The van der Waals surface area contributed by atoms with E-state index in [2.05, 4.69) is 4.74 Å². The predicted molar refractivity (Wildman–Crippen MR) is 72.8 cm³/mol. The number of carbonyl (C=O) groups excluding carboxylic acids is 1. The zero-order chi connectivity index (χ0) is 14.5. The summed E-state index contributed by atoms with van der Waals surface area (Å²) >= 11 is 0. The minimum Gasteiger partial charge on any atom is -0.469 e. The van der Waals surface area contributed by atoms with Gasteiger partial charge in [0.1, 0.15) is 0 Å². The molecule has 0 aromatic heterocycles. The molecule has 1 saturated carbocycles. The first-order valence-electron chi connectivity index (χ1n) is 6.73. The van der Waals surface area contributed by atoms with E-state index >= 15 is 0 Å². The highest BCUT2D eigenvalue weighted by molar-refractivity contribution is 7.86. The fraction of sp³-hybridized carbons (Fsp3) is 0.917. The van der Waals surface area contributed by atoms with E-state index in [1.165, 1.54) is 18.5 Å². The maximum absolute atomic E-state index is 12.4. The number of esters is 1. The third-order valence-corrected chi connectivity index (χ3v) is 5.71. The summed E-state index contributed by atoms with van der Waals surface area (Å²) in [5.41, 5.74) is 0. The standard InChI is InChI=1S/C12H24N2O4S/c1-4-14(11-7-5-6-8-11)19(16,17)13(2)10-9-12(15)18-3/h11H,4-10H2,1-3H3. The Balaban J connectivity index is 2.67. The second-order valence-corrected chi connectivity index (χ2v) is 6.79. The van der Waals surface area contributed by atoms with E-state index in [9.17, 15) is 13.2 Å². The summed E-state index contributed by atoms with van der Waals surface area (Å²) in [6.45, 7) is 2.47. The van der Waals surface area contributed by atoms with Crippen molar-refractivity contribution < 1.29 is 17.9 Å². The zero-order valence-electron chi connectivity index (χ0n) is 12.0. The summed E-state index contributed by atoms with van der Waals surface area (Å²) < 4.78 is 32.2. The van der Waals surface area contributed by atoms with Crippen molar-refractivity contribution in [3.63, 3.8) is 0 Å². The lowest BCUT2D eigenvalue weighted by molar-refractivity contribution is -0.140. The van der Waals surface area contributed by atoms with Crippen molar-refractivity contribution in [3.8, 4) is 0 Å². The van der Waals surface area contributed by atoms with Crippen molar-refractivity contribution >= 4 is 16.2 Å². The van der Waals surface area contributed by atoms with Gasteiger partial charge in [-0.05, 0) is 12.8 Å². The van der Waals surface area contributed by atoms with Gasteiger partial charge in [0, 0.05) is 26.2 Å². The van der Waals surface area contributed by atoms with Crippen LogP contribution in [0.4, 0.5) is 0 Å². The first-order valence-corrected chi connectivity index (χ1v) is 8.13. The number of nitrogens with zero attached hydrogens (tertiary/aromatic N) is 2. The lowest BCUT2D eigenvalue weighted by atomic mass is 10.2. The third-order valence-electron chi connectivity index (χ3n) is 3.59. The van der Waals surface area contributed by atoms with Crippen LogP contribution in [0.3, 0.4) is 0 Å². The van der Waals surface area contributed by atoms with Crippen LogP contribution in [0.15, 0.2) is 0 Å². The van der Waals surface area contributed by atoms with Crippen molar-refractivity contribution in [2.24, 2.45) is 0 Å². The van der Waals surface area contributed by atoms with Gasteiger partial charge in [-0.15, -0.1) is 0 Å². The summed E-state index contributed by atoms with van der Waals surface area (Å²) in [7, 11) is -0.670. The highest BCUT2D eigenvalue weighted by Gasteiger charge is 2.33. The van der Waals surface area contributed by atoms with E-state index in [0.29, 0.717) is 6.54 Å². The van der Waals surface area contributed by atoms with Crippen molar-refractivity contribution in [1.29, 1.82) is 0 Å². The SMILES string of the molecule is CCN(C1CCCC1)S(=O)(=O)N(C)CCC(=O)OC. The Labute approximate surface area is 115 Å². The highest BCUT2D eigenvalue weighted by atomic mass is 32.2. The molecule has 1 aliphatic carbocycles. The molecule has 0 saturated heterocycles. The molecule has 1 aliphatic rings. The first kappa shape index (κ1) is 16.4. The predicted octanol–water partition coefficient (Wildman–Crippen LogP) is 0.991. The average Bonchev–Trinajstić information content (AvgIpc) is 2.89. The van der Waals surface area contributed by atoms with Crippen LogP contribution in [0.1, 0.15) is 39.0 Å². The average molecular weight is 292 g/mol. The van der Waals surface area contributed by atoms with Gasteiger partial charge >= 0.3 is 5.97 Å². The molecule has 0 aromatic rings. The number of methoxy groups -OCH3 is 1. The summed E-state index contributed by atoms with van der Waals surface area (Å²) in [5.74, 6) is -0.397. The molecule has 7 heteroatoms. The van der Waals surface area contributed by atoms with Crippen LogP contribution in [0.25, 0.3) is 0 Å². The smallest absolute Gasteiger partial charge is 0.306 e. The Kier molecular flexibility index (Phi) is 6.22. The Morgan fingerprint density at radius 1 is 1.32 bits per heavy atom. The van der Waals surface area contributed by atoms with Crippen molar-refractivity contribution in [2.45, 2.75) is 45.1 Å². The van der Waals surface area contributed by atoms with E-state index in [4.69, 9.17) is 0 Å². The summed E-state index contributed by atoms with van der Waals surface area (Å²) in [6.07, 6.45) is 4.11. The van der Waals surface area contributed by atoms with E-state index in [1.807, 2.05) is 6.92 Å². The van der Waals surface area contributed by atoms with Gasteiger partial charge in [-0.25, -0.2) is 0 Å². The number of ether oxygens (including phenoxy) is 1. The quantitative estimate of drug-likeness (QED) is 0.656. The van der Waals surface area contributed by atoms with E-state index in [0.717, 1.165) is 25.7 Å². The molecule has 6 nitrogen and oxygen atoms in total. The Hall–Kier alpha value is -0.660. The Morgan fingerprint density at radius 2 is 1.89 bits per heavy atom. The van der Waals surface area contributed by atoms with Crippen LogP contribution in [-0.2, 0) is 19.7 Å². The van der Waals surface area contributed by atoms with Gasteiger partial charge in [0.15, 0.2) is 0 Å². The second-order valence-electron chi connectivity index (χ2n) is 4.80. The van der Waals surface area contributed by atoms with Gasteiger partial charge < -0.3 is 4.74 Å². The molecule has 112 valence electrons. The molecule has 0 bridgehead atoms. The van der Waals surface area contributed by atoms with Gasteiger partial charge in [-0.2, -0.15) is 17.0 Å². The van der Waals surface area contributed by atoms with Crippen LogP contribution in [0.5, 0.6) is 0 Å². The number of hydrogen-bond acceptors (Lipinski definition) is 4. The van der Waals surface area contributed by atoms with E-state index in [1.54, 1.807) is 4.31 Å². The van der Waals surface area contributed by atoms with Crippen LogP contribution in [0, 0.1) is 0 Å². The maximum atomic E-state index is 12.4. The molecule has 0 heterocycles. The lowest BCUT2D eigenvalue weighted by Crippen LogP contribution is -2.46. The number of hydrogen-bond donors (Lipinski definition) is 0. The largest absolute Gasteiger partial charge is 0.469 e. The number of rotatable bonds is 7. The topological polar surface area (TPSA) is 66.9 Å². The second kappa shape index (κ2) is 7.21. The maximum Gasteiger partial charge on any atom is 0.306 e. The Morgan fingerprint density at radius 3 is 2.37 bits per heavy atom. The molecule has 0 atom stereocenters. The van der Waals surface area contributed by atoms with Crippen LogP contribution in [-0.4, -0.2) is 56.3 Å². The molecule has 1 fully saturated rings. The fourth-order valence-electron chi connectivity index (χ4n) is 2.45. The fourth-order valence-corrected chi connectivity index (χ4v) is 4.04. The number of carbonyl (C=O) groups is 1. The summed E-state index contributed by atoms with van der Waals surface area (Å²) in [5, 5.41) is 0. The van der Waals surface area contributed by atoms with Gasteiger partial charge in [0.2, 0.25) is 0 Å². The third kappa shape index (κ3) is 4.15. The summed E-state index contributed by atoms with van der Waals surface area (Å²) in [4.78, 5) is 11.1.